The summed E-state index contributed by atoms with van der Waals surface area (Å²) >= 11 is 0. The topological polar surface area (TPSA) is 15.3 Å². The minimum Gasteiger partial charge on any atom is -0.316 e. The Labute approximate surface area is 94.4 Å². The van der Waals surface area contributed by atoms with Crippen molar-refractivity contribution < 1.29 is 0 Å². The number of hydrogen-bond donors (Lipinski definition) is 1. The Bertz CT molecular complexity index is 193. The molecule has 2 fully saturated rings. The van der Waals surface area contributed by atoms with E-state index in [1.807, 2.05) is 0 Å². The minimum atomic E-state index is 0.821. The zero-order valence-corrected chi connectivity index (χ0v) is 10.3. The lowest BCUT2D eigenvalue weighted by atomic mass is 10.1. The standard InChI is InChI=1S/C13H26N2/c1-11-4-5-13(8-11)15-7-3-6-14-9-12(2)10-15/h11-14H,3-10H2,1-2H3. The van der Waals surface area contributed by atoms with Gasteiger partial charge in [0.05, 0.1) is 0 Å². The van der Waals surface area contributed by atoms with Crippen LogP contribution in [0.3, 0.4) is 0 Å². The molecule has 1 saturated heterocycles. The molecule has 0 aromatic heterocycles. The van der Waals surface area contributed by atoms with Gasteiger partial charge in [-0.15, -0.1) is 0 Å². The average Bonchev–Trinajstić information content (AvgIpc) is 2.58. The molecule has 1 aliphatic heterocycles. The van der Waals surface area contributed by atoms with Crippen LogP contribution in [0.1, 0.15) is 39.5 Å². The normalized spacial score (nSPS) is 40.0. The summed E-state index contributed by atoms with van der Waals surface area (Å²) in [6.07, 6.45) is 5.67. The molecular formula is C13H26N2. The van der Waals surface area contributed by atoms with E-state index < -0.39 is 0 Å². The van der Waals surface area contributed by atoms with Gasteiger partial charge < -0.3 is 10.2 Å². The first-order valence-electron chi connectivity index (χ1n) is 6.70. The van der Waals surface area contributed by atoms with E-state index in [4.69, 9.17) is 0 Å². The van der Waals surface area contributed by atoms with Crippen LogP contribution < -0.4 is 5.32 Å². The van der Waals surface area contributed by atoms with Crippen LogP contribution in [0.15, 0.2) is 0 Å². The molecule has 3 unspecified atom stereocenters. The molecule has 0 spiro atoms. The van der Waals surface area contributed by atoms with Crippen LogP contribution in [0.25, 0.3) is 0 Å². The lowest BCUT2D eigenvalue weighted by Crippen LogP contribution is -2.43. The van der Waals surface area contributed by atoms with Crippen LogP contribution in [0.2, 0.25) is 0 Å². The van der Waals surface area contributed by atoms with Gasteiger partial charge in [-0.25, -0.2) is 0 Å². The third-order valence-electron chi connectivity index (χ3n) is 4.02. The van der Waals surface area contributed by atoms with Crippen LogP contribution in [0.5, 0.6) is 0 Å². The molecule has 1 aliphatic carbocycles. The summed E-state index contributed by atoms with van der Waals surface area (Å²) in [5, 5.41) is 3.53. The molecule has 1 heterocycles. The van der Waals surface area contributed by atoms with Crippen molar-refractivity contribution in [3.05, 3.63) is 0 Å². The van der Waals surface area contributed by atoms with Gasteiger partial charge in [-0.05, 0) is 57.2 Å². The predicted octanol–water partition coefficient (Wildman–Crippen LogP) is 2.11. The third-order valence-corrected chi connectivity index (χ3v) is 4.02. The largest absolute Gasteiger partial charge is 0.316 e. The van der Waals surface area contributed by atoms with E-state index in [1.165, 1.54) is 51.9 Å². The third kappa shape index (κ3) is 3.18. The molecule has 0 bridgehead atoms. The molecule has 2 rings (SSSR count). The van der Waals surface area contributed by atoms with Gasteiger partial charge in [0.25, 0.3) is 0 Å². The molecule has 0 aromatic carbocycles. The second kappa shape index (κ2) is 5.31. The zero-order valence-electron chi connectivity index (χ0n) is 10.3. The summed E-state index contributed by atoms with van der Waals surface area (Å²) in [5.41, 5.74) is 0. The van der Waals surface area contributed by atoms with E-state index in [0.29, 0.717) is 0 Å². The van der Waals surface area contributed by atoms with E-state index in [1.54, 1.807) is 0 Å². The Morgan fingerprint density at radius 2 is 2.00 bits per heavy atom. The number of nitrogens with zero attached hydrogens (tertiary/aromatic N) is 1. The van der Waals surface area contributed by atoms with Crippen molar-refractivity contribution in [2.75, 3.05) is 26.2 Å². The van der Waals surface area contributed by atoms with Gasteiger partial charge in [0.15, 0.2) is 0 Å². The predicted molar refractivity (Wildman–Crippen MR) is 65.0 cm³/mol. The number of nitrogens with one attached hydrogen (secondary N) is 1. The minimum absolute atomic E-state index is 0.821. The van der Waals surface area contributed by atoms with Gasteiger partial charge in [-0.1, -0.05) is 13.8 Å². The van der Waals surface area contributed by atoms with E-state index in [-0.39, 0.29) is 0 Å². The number of hydrogen-bond acceptors (Lipinski definition) is 2. The van der Waals surface area contributed by atoms with Crippen molar-refractivity contribution in [2.45, 2.75) is 45.6 Å². The fraction of sp³-hybridized carbons (Fsp3) is 1.00. The lowest BCUT2D eigenvalue weighted by molar-refractivity contribution is 0.156. The highest BCUT2D eigenvalue weighted by atomic mass is 15.2. The first kappa shape index (κ1) is 11.4. The second-order valence-corrected chi connectivity index (χ2v) is 5.73. The first-order chi connectivity index (χ1) is 7.25. The van der Waals surface area contributed by atoms with Gasteiger partial charge in [-0.2, -0.15) is 0 Å². The van der Waals surface area contributed by atoms with Crippen LogP contribution in [-0.4, -0.2) is 37.1 Å². The highest BCUT2D eigenvalue weighted by Gasteiger charge is 2.27. The van der Waals surface area contributed by atoms with Crippen LogP contribution in [0.4, 0.5) is 0 Å². The SMILES string of the molecule is CC1CCC(N2CCCNCC(C)C2)C1. The van der Waals surface area contributed by atoms with Crippen LogP contribution >= 0.6 is 0 Å². The summed E-state index contributed by atoms with van der Waals surface area (Å²) in [5.74, 6) is 1.79. The summed E-state index contributed by atoms with van der Waals surface area (Å²) < 4.78 is 0. The van der Waals surface area contributed by atoms with Crippen molar-refractivity contribution in [3.8, 4) is 0 Å². The monoisotopic (exact) mass is 210 g/mol. The van der Waals surface area contributed by atoms with Crippen molar-refractivity contribution in [2.24, 2.45) is 11.8 Å². The van der Waals surface area contributed by atoms with Gasteiger partial charge >= 0.3 is 0 Å². The molecule has 0 radical (unpaired) electrons. The maximum Gasteiger partial charge on any atom is 0.00980 e. The first-order valence-corrected chi connectivity index (χ1v) is 6.70. The smallest absolute Gasteiger partial charge is 0.00980 e. The fourth-order valence-electron chi connectivity index (χ4n) is 3.15. The zero-order chi connectivity index (χ0) is 10.7. The highest BCUT2D eigenvalue weighted by molar-refractivity contribution is 4.83. The Morgan fingerprint density at radius 3 is 2.73 bits per heavy atom. The van der Waals surface area contributed by atoms with E-state index in [2.05, 4.69) is 24.1 Å². The quantitative estimate of drug-likeness (QED) is 0.713. The molecule has 3 atom stereocenters. The molecule has 15 heavy (non-hydrogen) atoms. The van der Waals surface area contributed by atoms with Crippen LogP contribution in [0, 0.1) is 11.8 Å². The van der Waals surface area contributed by atoms with E-state index >= 15 is 0 Å². The van der Waals surface area contributed by atoms with Gasteiger partial charge in [0, 0.05) is 12.6 Å². The Hall–Kier alpha value is -0.0800. The van der Waals surface area contributed by atoms with E-state index in [9.17, 15) is 0 Å². The Balaban J connectivity index is 1.87. The second-order valence-electron chi connectivity index (χ2n) is 5.73. The molecule has 88 valence electrons. The van der Waals surface area contributed by atoms with Crippen molar-refractivity contribution in [1.82, 2.24) is 10.2 Å². The Morgan fingerprint density at radius 1 is 1.13 bits per heavy atom. The van der Waals surface area contributed by atoms with Gasteiger partial charge in [-0.3, -0.25) is 0 Å². The molecule has 0 amide bonds. The summed E-state index contributed by atoms with van der Waals surface area (Å²) in [6, 6.07) is 0.903. The van der Waals surface area contributed by atoms with Gasteiger partial charge in [0.2, 0.25) is 0 Å². The maximum atomic E-state index is 3.53. The molecule has 2 nitrogen and oxygen atoms in total. The van der Waals surface area contributed by atoms with Crippen molar-refractivity contribution in [3.63, 3.8) is 0 Å². The Kier molecular flexibility index (Phi) is 4.04. The molecule has 0 aromatic rings. The van der Waals surface area contributed by atoms with E-state index in [0.717, 1.165) is 17.9 Å². The fourth-order valence-corrected chi connectivity index (χ4v) is 3.15. The highest BCUT2D eigenvalue weighted by Crippen LogP contribution is 2.29. The summed E-state index contributed by atoms with van der Waals surface area (Å²) in [7, 11) is 0. The lowest BCUT2D eigenvalue weighted by Gasteiger charge is -2.33. The molecule has 1 N–H and O–H groups in total. The van der Waals surface area contributed by atoms with Gasteiger partial charge in [0.1, 0.15) is 0 Å². The molecule has 2 heteroatoms. The summed E-state index contributed by atoms with van der Waals surface area (Å²) in [6.45, 7) is 9.83. The summed E-state index contributed by atoms with van der Waals surface area (Å²) in [4.78, 5) is 2.77. The molecular weight excluding hydrogens is 184 g/mol. The molecule has 1 saturated carbocycles. The van der Waals surface area contributed by atoms with Crippen molar-refractivity contribution in [1.29, 1.82) is 0 Å². The maximum absolute atomic E-state index is 3.53. The average molecular weight is 210 g/mol. The van der Waals surface area contributed by atoms with Crippen LogP contribution in [-0.2, 0) is 0 Å². The van der Waals surface area contributed by atoms with Crippen molar-refractivity contribution >= 4 is 0 Å². The molecule has 2 aliphatic rings. The number of rotatable bonds is 1.